The summed E-state index contributed by atoms with van der Waals surface area (Å²) in [7, 11) is -0.740. The van der Waals surface area contributed by atoms with E-state index in [-0.39, 0.29) is 11.4 Å². The summed E-state index contributed by atoms with van der Waals surface area (Å²) in [5, 5.41) is 7.43. The van der Waals surface area contributed by atoms with Crippen molar-refractivity contribution in [2.45, 2.75) is 45.1 Å². The predicted octanol–water partition coefficient (Wildman–Crippen LogP) is 3.23. The van der Waals surface area contributed by atoms with E-state index in [0.29, 0.717) is 52.6 Å². The van der Waals surface area contributed by atoms with E-state index in [1.165, 1.54) is 23.2 Å². The van der Waals surface area contributed by atoms with Crippen molar-refractivity contribution in [2.75, 3.05) is 32.6 Å². The molecule has 9 nitrogen and oxygen atoms in total. The van der Waals surface area contributed by atoms with E-state index in [1.807, 2.05) is 0 Å². The number of halogens is 1. The number of nitrogens with one attached hydrogen (secondary N) is 1. The normalized spacial score (nSPS) is 15.6. The third-order valence-corrected chi connectivity index (χ3v) is 8.14. The number of hydrogen-bond donors (Lipinski definition) is 1. The quantitative estimate of drug-likeness (QED) is 0.647. The molecule has 0 saturated carbocycles. The summed E-state index contributed by atoms with van der Waals surface area (Å²) in [5.74, 6) is 0.880. The lowest BCUT2D eigenvalue weighted by molar-refractivity contribution is -0.117. The Kier molecular flexibility index (Phi) is 7.36. The maximum atomic E-state index is 13.2. The summed E-state index contributed by atoms with van der Waals surface area (Å²) in [4.78, 5) is 12.9. The van der Waals surface area contributed by atoms with Gasteiger partial charge in [-0.05, 0) is 32.6 Å². The van der Waals surface area contributed by atoms with Crippen molar-refractivity contribution in [2.24, 2.45) is 5.92 Å². The van der Waals surface area contributed by atoms with Crippen molar-refractivity contribution in [1.82, 2.24) is 14.1 Å². The van der Waals surface area contributed by atoms with E-state index in [9.17, 15) is 13.2 Å². The summed E-state index contributed by atoms with van der Waals surface area (Å²) in [6, 6.07) is 3.11. The smallest absolute Gasteiger partial charge is 0.246 e. The molecule has 1 aliphatic rings. The first-order chi connectivity index (χ1) is 15.1. The van der Waals surface area contributed by atoms with Crippen molar-refractivity contribution in [1.29, 1.82) is 0 Å². The van der Waals surface area contributed by atoms with Crippen LogP contribution in [0.4, 0.5) is 5.69 Å². The SMILES string of the molecule is COc1cc(NC(=O)Cn2nc(C)c(S(=O)(=O)N3CCC(C)CC3)c2C)c(OC)cc1Cl. The molecule has 0 spiro atoms. The lowest BCUT2D eigenvalue weighted by Gasteiger charge is -2.29. The third-order valence-electron chi connectivity index (χ3n) is 5.70. The Labute approximate surface area is 193 Å². The molecule has 1 N–H and O–H groups in total. The average molecular weight is 485 g/mol. The summed E-state index contributed by atoms with van der Waals surface area (Å²) >= 11 is 6.11. The van der Waals surface area contributed by atoms with Crippen LogP contribution in [-0.4, -0.2) is 55.7 Å². The third kappa shape index (κ3) is 4.87. The maximum Gasteiger partial charge on any atom is 0.246 e. The number of hydrogen-bond acceptors (Lipinski definition) is 6. The van der Waals surface area contributed by atoms with E-state index >= 15 is 0 Å². The van der Waals surface area contributed by atoms with Gasteiger partial charge in [0, 0.05) is 25.2 Å². The molecule has 32 heavy (non-hydrogen) atoms. The number of piperidine rings is 1. The minimum absolute atomic E-state index is 0.159. The molecule has 2 heterocycles. The molecule has 0 bridgehead atoms. The fourth-order valence-electron chi connectivity index (χ4n) is 3.85. The molecular formula is C21H29ClN4O5S. The number of nitrogens with zero attached hydrogens (tertiary/aromatic N) is 3. The van der Waals surface area contributed by atoms with Gasteiger partial charge in [-0.15, -0.1) is 0 Å². The summed E-state index contributed by atoms with van der Waals surface area (Å²) in [6.07, 6.45) is 1.67. The van der Waals surface area contributed by atoms with Gasteiger partial charge in [0.1, 0.15) is 22.9 Å². The Hall–Kier alpha value is -2.30. The predicted molar refractivity (Wildman–Crippen MR) is 122 cm³/mol. The number of carbonyl (C=O) groups excluding carboxylic acids is 1. The highest BCUT2D eigenvalue weighted by Crippen LogP contribution is 2.36. The Morgan fingerprint density at radius 3 is 2.41 bits per heavy atom. The van der Waals surface area contributed by atoms with E-state index in [1.54, 1.807) is 26.0 Å². The number of amides is 1. The zero-order chi connectivity index (χ0) is 23.6. The molecule has 1 saturated heterocycles. The Balaban J connectivity index is 1.82. The van der Waals surface area contributed by atoms with Crippen LogP contribution >= 0.6 is 11.6 Å². The van der Waals surface area contributed by atoms with Gasteiger partial charge >= 0.3 is 0 Å². The van der Waals surface area contributed by atoms with Crippen molar-refractivity contribution >= 4 is 33.2 Å². The monoisotopic (exact) mass is 484 g/mol. The Bertz CT molecular complexity index is 1110. The molecule has 1 aromatic carbocycles. The van der Waals surface area contributed by atoms with Gasteiger partial charge in [0.2, 0.25) is 15.9 Å². The van der Waals surface area contributed by atoms with E-state index in [0.717, 1.165) is 12.8 Å². The first kappa shape index (κ1) is 24.3. The van der Waals surface area contributed by atoms with Crippen LogP contribution in [0.15, 0.2) is 17.0 Å². The van der Waals surface area contributed by atoms with Crippen LogP contribution in [0.1, 0.15) is 31.2 Å². The zero-order valence-corrected chi connectivity index (χ0v) is 20.5. The largest absolute Gasteiger partial charge is 0.495 e. The van der Waals surface area contributed by atoms with Crippen molar-refractivity contribution in [3.8, 4) is 11.5 Å². The van der Waals surface area contributed by atoms with Gasteiger partial charge < -0.3 is 14.8 Å². The lowest BCUT2D eigenvalue weighted by atomic mass is 10.0. The number of aromatic nitrogens is 2. The van der Waals surface area contributed by atoms with Crippen LogP contribution in [0.2, 0.25) is 5.02 Å². The molecule has 1 amide bonds. The first-order valence-electron chi connectivity index (χ1n) is 10.3. The molecule has 11 heteroatoms. The molecule has 176 valence electrons. The van der Waals surface area contributed by atoms with Gasteiger partial charge in [-0.1, -0.05) is 18.5 Å². The van der Waals surface area contributed by atoms with Crippen molar-refractivity contribution in [3.63, 3.8) is 0 Å². The highest BCUT2D eigenvalue weighted by atomic mass is 35.5. The second kappa shape index (κ2) is 9.68. The Morgan fingerprint density at radius 2 is 1.81 bits per heavy atom. The van der Waals surface area contributed by atoms with Crippen LogP contribution in [0.5, 0.6) is 11.5 Å². The minimum Gasteiger partial charge on any atom is -0.495 e. The summed E-state index contributed by atoms with van der Waals surface area (Å²) in [5.41, 5.74) is 1.19. The number of anilines is 1. The topological polar surface area (TPSA) is 103 Å². The number of rotatable bonds is 7. The van der Waals surface area contributed by atoms with E-state index in [2.05, 4.69) is 17.3 Å². The molecule has 0 radical (unpaired) electrons. The molecule has 2 aromatic rings. The van der Waals surface area contributed by atoms with Crippen LogP contribution in [0, 0.1) is 19.8 Å². The number of carbonyl (C=O) groups is 1. The van der Waals surface area contributed by atoms with Crippen LogP contribution in [-0.2, 0) is 21.4 Å². The van der Waals surface area contributed by atoms with Gasteiger partial charge in [-0.2, -0.15) is 9.40 Å². The van der Waals surface area contributed by atoms with E-state index < -0.39 is 15.9 Å². The Morgan fingerprint density at radius 1 is 1.19 bits per heavy atom. The average Bonchev–Trinajstić information content (AvgIpc) is 3.02. The number of benzene rings is 1. The zero-order valence-electron chi connectivity index (χ0n) is 18.9. The number of methoxy groups -OCH3 is 2. The minimum atomic E-state index is -3.68. The van der Waals surface area contributed by atoms with Crippen LogP contribution < -0.4 is 14.8 Å². The van der Waals surface area contributed by atoms with Crippen LogP contribution in [0.25, 0.3) is 0 Å². The standard InChI is InChI=1S/C21H29ClN4O5S/c1-13-6-8-25(9-7-13)32(28,29)21-14(2)24-26(15(21)3)12-20(27)23-17-11-18(30-4)16(22)10-19(17)31-5/h10-11,13H,6-9,12H2,1-5H3,(H,23,27). The molecule has 1 aromatic heterocycles. The van der Waals surface area contributed by atoms with Crippen LogP contribution in [0.3, 0.4) is 0 Å². The first-order valence-corrected chi connectivity index (χ1v) is 12.2. The lowest BCUT2D eigenvalue weighted by Crippen LogP contribution is -2.38. The molecular weight excluding hydrogens is 456 g/mol. The van der Waals surface area contributed by atoms with Gasteiger partial charge in [0.05, 0.1) is 36.3 Å². The number of sulfonamides is 1. The number of ether oxygens (including phenoxy) is 2. The van der Waals surface area contributed by atoms with Crippen molar-refractivity contribution in [3.05, 3.63) is 28.5 Å². The second-order valence-corrected chi connectivity index (χ2v) is 10.3. The van der Waals surface area contributed by atoms with Gasteiger partial charge in [0.25, 0.3) is 0 Å². The molecule has 0 unspecified atom stereocenters. The maximum absolute atomic E-state index is 13.2. The molecule has 0 atom stereocenters. The second-order valence-electron chi connectivity index (χ2n) is 7.98. The van der Waals surface area contributed by atoms with Gasteiger partial charge in [0.15, 0.2) is 0 Å². The fourth-order valence-corrected chi connectivity index (χ4v) is 5.92. The molecule has 0 aliphatic carbocycles. The summed E-state index contributed by atoms with van der Waals surface area (Å²) < 4.78 is 39.9. The highest BCUT2D eigenvalue weighted by Gasteiger charge is 2.33. The highest BCUT2D eigenvalue weighted by molar-refractivity contribution is 7.89. The molecule has 3 rings (SSSR count). The van der Waals surface area contributed by atoms with Gasteiger partial charge in [-0.25, -0.2) is 8.42 Å². The summed E-state index contributed by atoms with van der Waals surface area (Å²) in [6.45, 7) is 6.26. The van der Waals surface area contributed by atoms with Crippen molar-refractivity contribution < 1.29 is 22.7 Å². The van der Waals surface area contributed by atoms with E-state index in [4.69, 9.17) is 21.1 Å². The fraction of sp³-hybridized carbons (Fsp3) is 0.524. The molecule has 1 aliphatic heterocycles. The van der Waals surface area contributed by atoms with Gasteiger partial charge in [-0.3, -0.25) is 9.48 Å². The number of aryl methyl sites for hydroxylation is 1. The molecule has 1 fully saturated rings.